The number of nitrogens with zero attached hydrogens (tertiary/aromatic N) is 1. The Bertz CT molecular complexity index is 429. The Morgan fingerprint density at radius 3 is 2.67 bits per heavy atom. The van der Waals surface area contributed by atoms with E-state index in [1.165, 1.54) is 0 Å². The molecule has 0 spiro atoms. The molecule has 0 unspecified atom stereocenters. The lowest BCUT2D eigenvalue weighted by molar-refractivity contribution is -0.0000115. The molecule has 0 amide bonds. The molecule has 5 heteroatoms. The highest BCUT2D eigenvalue weighted by atomic mass is 35.5. The number of ketones is 1. The van der Waals surface area contributed by atoms with Gasteiger partial charge in [0.05, 0.1) is 19.5 Å². The summed E-state index contributed by atoms with van der Waals surface area (Å²) in [6.07, 6.45) is 2.04. The highest BCUT2D eigenvalue weighted by molar-refractivity contribution is 6.00. The van der Waals surface area contributed by atoms with Crippen LogP contribution in [-0.4, -0.2) is 31.8 Å². The summed E-state index contributed by atoms with van der Waals surface area (Å²) in [4.78, 5) is 16.1. The molecular formula is C13H16ClN2O2-. The molecule has 0 saturated heterocycles. The summed E-state index contributed by atoms with van der Waals surface area (Å²) >= 11 is 0. The normalized spacial score (nSPS) is 13.5. The van der Waals surface area contributed by atoms with E-state index in [9.17, 15) is 4.79 Å². The van der Waals surface area contributed by atoms with Crippen LogP contribution in [0.25, 0.3) is 0 Å². The van der Waals surface area contributed by atoms with Crippen molar-refractivity contribution in [2.45, 2.75) is 12.8 Å². The lowest BCUT2D eigenvalue weighted by atomic mass is 10.1. The Labute approximate surface area is 113 Å². The molecular weight excluding hydrogens is 252 g/mol. The monoisotopic (exact) mass is 267 g/mol. The number of amidine groups is 1. The van der Waals surface area contributed by atoms with Crippen molar-refractivity contribution in [1.82, 2.24) is 5.32 Å². The van der Waals surface area contributed by atoms with Crippen LogP contribution in [0.1, 0.15) is 23.2 Å². The third-order valence-corrected chi connectivity index (χ3v) is 2.74. The first-order valence-electron chi connectivity index (χ1n) is 5.74. The third-order valence-electron chi connectivity index (χ3n) is 2.74. The lowest BCUT2D eigenvalue weighted by Gasteiger charge is -2.05. The van der Waals surface area contributed by atoms with E-state index in [0.29, 0.717) is 12.1 Å². The van der Waals surface area contributed by atoms with Crippen LogP contribution in [0.5, 0.6) is 5.75 Å². The van der Waals surface area contributed by atoms with E-state index >= 15 is 0 Å². The number of hydrogen-bond acceptors (Lipinski definition) is 4. The smallest absolute Gasteiger partial charge is 0.181 e. The standard InChI is InChI=1S/C13H16N2O2.ClH/c1-17-11-6-4-10(5-7-11)12(16)9-15-13-3-2-8-14-13;/h4-7H,2-3,8-9H2,1H3,(H,14,15);1H/p-1. The minimum absolute atomic E-state index is 0. The number of benzene rings is 1. The molecule has 2 rings (SSSR count). The molecule has 1 aliphatic rings. The molecule has 4 nitrogen and oxygen atoms in total. The summed E-state index contributed by atoms with van der Waals surface area (Å²) in [5.41, 5.74) is 0.692. The number of Topliss-reactive ketones (excluding diaryl/α,β-unsaturated/α-hetero) is 1. The van der Waals surface area contributed by atoms with Crippen molar-refractivity contribution in [3.05, 3.63) is 29.8 Å². The number of carbonyl (C=O) groups excluding carboxylic acids is 1. The lowest BCUT2D eigenvalue weighted by Crippen LogP contribution is -3.00. The van der Waals surface area contributed by atoms with Crippen LogP contribution in [-0.2, 0) is 0 Å². The highest BCUT2D eigenvalue weighted by Crippen LogP contribution is 2.11. The molecule has 0 aliphatic carbocycles. The molecule has 0 fully saturated rings. The van der Waals surface area contributed by atoms with Crippen molar-refractivity contribution >= 4 is 11.6 Å². The summed E-state index contributed by atoms with van der Waals surface area (Å²) < 4.78 is 5.04. The van der Waals surface area contributed by atoms with Gasteiger partial charge < -0.3 is 22.5 Å². The topological polar surface area (TPSA) is 50.7 Å². The van der Waals surface area contributed by atoms with Crippen LogP contribution >= 0.6 is 0 Å². The van der Waals surface area contributed by atoms with Crippen molar-refractivity contribution in [3.63, 3.8) is 0 Å². The number of hydrogen-bond donors (Lipinski definition) is 1. The van der Waals surface area contributed by atoms with Gasteiger partial charge in [0.25, 0.3) is 0 Å². The van der Waals surface area contributed by atoms with Gasteiger partial charge >= 0.3 is 0 Å². The maximum atomic E-state index is 11.8. The van der Waals surface area contributed by atoms with E-state index in [1.807, 2.05) is 0 Å². The molecule has 1 aromatic rings. The second-order valence-corrected chi connectivity index (χ2v) is 3.94. The van der Waals surface area contributed by atoms with E-state index in [0.717, 1.165) is 31.0 Å². The van der Waals surface area contributed by atoms with Gasteiger partial charge in [0.15, 0.2) is 5.78 Å². The average molecular weight is 268 g/mol. The Hall–Kier alpha value is -1.55. The van der Waals surface area contributed by atoms with Crippen molar-refractivity contribution < 1.29 is 21.9 Å². The zero-order chi connectivity index (χ0) is 12.1. The van der Waals surface area contributed by atoms with Crippen molar-refractivity contribution in [1.29, 1.82) is 0 Å². The van der Waals surface area contributed by atoms with Crippen LogP contribution < -0.4 is 22.5 Å². The molecule has 0 radical (unpaired) electrons. The summed E-state index contributed by atoms with van der Waals surface area (Å²) in [7, 11) is 1.61. The molecule has 98 valence electrons. The van der Waals surface area contributed by atoms with Gasteiger partial charge in [-0.3, -0.25) is 9.79 Å². The fraction of sp³-hybridized carbons (Fsp3) is 0.385. The van der Waals surface area contributed by atoms with E-state index in [-0.39, 0.29) is 18.2 Å². The van der Waals surface area contributed by atoms with Gasteiger partial charge in [-0.25, -0.2) is 0 Å². The molecule has 0 atom stereocenters. The van der Waals surface area contributed by atoms with Gasteiger partial charge in [-0.1, -0.05) is 0 Å². The van der Waals surface area contributed by atoms with Crippen molar-refractivity contribution in [3.8, 4) is 5.75 Å². The highest BCUT2D eigenvalue weighted by Gasteiger charge is 2.09. The second kappa shape index (κ2) is 7.01. The first-order valence-corrected chi connectivity index (χ1v) is 5.74. The minimum Gasteiger partial charge on any atom is -1.00 e. The molecule has 1 aromatic carbocycles. The summed E-state index contributed by atoms with van der Waals surface area (Å²) in [6.45, 7) is 1.18. The summed E-state index contributed by atoms with van der Waals surface area (Å²) in [5, 5.41) is 3.08. The maximum Gasteiger partial charge on any atom is 0.181 e. The molecule has 0 saturated carbocycles. The van der Waals surface area contributed by atoms with E-state index in [2.05, 4.69) is 10.3 Å². The van der Waals surface area contributed by atoms with Crippen LogP contribution in [0.2, 0.25) is 0 Å². The molecule has 1 aliphatic heterocycles. The fourth-order valence-corrected chi connectivity index (χ4v) is 1.75. The molecule has 0 aromatic heterocycles. The van der Waals surface area contributed by atoms with Crippen molar-refractivity contribution in [2.24, 2.45) is 4.99 Å². The Morgan fingerprint density at radius 2 is 2.11 bits per heavy atom. The van der Waals surface area contributed by atoms with Crippen molar-refractivity contribution in [2.75, 3.05) is 20.2 Å². The zero-order valence-corrected chi connectivity index (χ0v) is 11.0. The van der Waals surface area contributed by atoms with Crippen LogP contribution in [0, 0.1) is 0 Å². The number of carbonyl (C=O) groups is 1. The SMILES string of the molecule is COc1ccc(C(=O)CNC2=NCCC2)cc1.[Cl-]. The molecule has 18 heavy (non-hydrogen) atoms. The van der Waals surface area contributed by atoms with Gasteiger partial charge in [-0.15, -0.1) is 0 Å². The maximum absolute atomic E-state index is 11.8. The predicted octanol–water partition coefficient (Wildman–Crippen LogP) is -1.34. The zero-order valence-electron chi connectivity index (χ0n) is 10.3. The van der Waals surface area contributed by atoms with E-state index in [4.69, 9.17) is 4.74 Å². The molecule has 0 bridgehead atoms. The van der Waals surface area contributed by atoms with Crippen LogP contribution in [0.4, 0.5) is 0 Å². The summed E-state index contributed by atoms with van der Waals surface area (Å²) in [5.74, 6) is 1.78. The Kier molecular flexibility index (Phi) is 5.65. The molecule has 1 heterocycles. The van der Waals surface area contributed by atoms with Crippen LogP contribution in [0.3, 0.4) is 0 Å². The Balaban J connectivity index is 0.00000162. The van der Waals surface area contributed by atoms with Crippen LogP contribution in [0.15, 0.2) is 29.3 Å². The number of nitrogens with one attached hydrogen (secondary N) is 1. The minimum atomic E-state index is 0. The van der Waals surface area contributed by atoms with Gasteiger partial charge in [0, 0.05) is 18.5 Å². The number of aliphatic imine (C=N–C) groups is 1. The Morgan fingerprint density at radius 1 is 1.39 bits per heavy atom. The largest absolute Gasteiger partial charge is 1.00 e. The van der Waals surface area contributed by atoms with Gasteiger partial charge in [0.1, 0.15) is 5.75 Å². The molecule has 1 N–H and O–H groups in total. The third kappa shape index (κ3) is 3.74. The number of methoxy groups -OCH3 is 1. The number of rotatable bonds is 4. The predicted molar refractivity (Wildman–Crippen MR) is 66.9 cm³/mol. The quantitative estimate of drug-likeness (QED) is 0.688. The van der Waals surface area contributed by atoms with Gasteiger partial charge in [-0.05, 0) is 30.7 Å². The first kappa shape index (κ1) is 14.5. The first-order chi connectivity index (χ1) is 8.29. The fourth-order valence-electron chi connectivity index (χ4n) is 1.75. The number of ether oxygens (including phenoxy) is 1. The van der Waals surface area contributed by atoms with Gasteiger partial charge in [0.2, 0.25) is 0 Å². The average Bonchev–Trinajstić information content (AvgIpc) is 2.89. The van der Waals surface area contributed by atoms with E-state index in [1.54, 1.807) is 31.4 Å². The van der Waals surface area contributed by atoms with E-state index < -0.39 is 0 Å². The number of halogens is 1. The second-order valence-electron chi connectivity index (χ2n) is 3.94. The van der Waals surface area contributed by atoms with Gasteiger partial charge in [-0.2, -0.15) is 0 Å². The summed E-state index contributed by atoms with van der Waals surface area (Å²) in [6, 6.07) is 7.14.